The van der Waals surface area contributed by atoms with Crippen molar-refractivity contribution in [2.45, 2.75) is 13.0 Å². The molecule has 0 unspecified atom stereocenters. The fourth-order valence-corrected chi connectivity index (χ4v) is 2.62. The lowest BCUT2D eigenvalue weighted by Gasteiger charge is -2.34. The topological polar surface area (TPSA) is 79.6 Å². The van der Waals surface area contributed by atoms with Crippen LogP contribution in [0, 0.1) is 11.3 Å². The summed E-state index contributed by atoms with van der Waals surface area (Å²) in [4.78, 5) is 16.4. The van der Waals surface area contributed by atoms with E-state index in [-0.39, 0.29) is 18.1 Å². The minimum absolute atomic E-state index is 0.0834. The normalized spacial score (nSPS) is 15.8. The van der Waals surface area contributed by atoms with Crippen LogP contribution in [0.1, 0.15) is 12.0 Å². The van der Waals surface area contributed by atoms with Crippen molar-refractivity contribution in [3.63, 3.8) is 0 Å². The third-order valence-corrected chi connectivity index (χ3v) is 3.98. The van der Waals surface area contributed by atoms with Gasteiger partial charge in [-0.25, -0.2) is 0 Å². The number of benzene rings is 1. The van der Waals surface area contributed by atoms with Crippen LogP contribution in [0.3, 0.4) is 0 Å². The van der Waals surface area contributed by atoms with Crippen LogP contribution in [0.4, 0.5) is 0 Å². The summed E-state index contributed by atoms with van der Waals surface area (Å²) in [6, 6.07) is 12.2. The molecule has 128 valence electrons. The highest BCUT2D eigenvalue weighted by Gasteiger charge is 2.23. The van der Waals surface area contributed by atoms with E-state index in [1.165, 1.54) is 11.8 Å². The summed E-state index contributed by atoms with van der Waals surface area (Å²) >= 11 is 0. The molecule has 1 fully saturated rings. The van der Waals surface area contributed by atoms with E-state index < -0.39 is 0 Å². The number of aliphatic hydroxyl groups is 1. The first kappa shape index (κ1) is 18.0. The molecule has 6 nitrogen and oxygen atoms in total. The molecular formula is C18H24N4O2. The van der Waals surface area contributed by atoms with Gasteiger partial charge >= 0.3 is 0 Å². The lowest BCUT2D eigenvalue weighted by atomic mass is 10.2. The predicted octanol–water partition coefficient (Wildman–Crippen LogP) is 0.710. The lowest BCUT2D eigenvalue weighted by Crippen LogP contribution is -2.48. The molecule has 1 aromatic carbocycles. The number of nitriles is 1. The zero-order valence-electron chi connectivity index (χ0n) is 13.8. The van der Waals surface area contributed by atoms with Crippen LogP contribution in [0.5, 0.6) is 0 Å². The molecule has 2 rings (SSSR count). The van der Waals surface area contributed by atoms with Gasteiger partial charge in [-0.2, -0.15) is 5.26 Å². The molecule has 1 aliphatic rings. The van der Waals surface area contributed by atoms with Crippen LogP contribution in [-0.4, -0.2) is 60.1 Å². The highest BCUT2D eigenvalue weighted by atomic mass is 16.3. The zero-order valence-corrected chi connectivity index (χ0v) is 13.8. The molecule has 1 aromatic rings. The second-order valence-electron chi connectivity index (χ2n) is 5.76. The van der Waals surface area contributed by atoms with Crippen molar-refractivity contribution in [1.82, 2.24) is 15.1 Å². The maximum Gasteiger partial charge on any atom is 0.266 e. The quantitative estimate of drug-likeness (QED) is 0.438. The summed E-state index contributed by atoms with van der Waals surface area (Å²) in [5, 5.41) is 20.8. The number of nitrogens with zero attached hydrogens (tertiary/aromatic N) is 3. The molecule has 6 heteroatoms. The number of amides is 1. The second kappa shape index (κ2) is 9.71. The van der Waals surface area contributed by atoms with Gasteiger partial charge in [0.25, 0.3) is 5.91 Å². The summed E-state index contributed by atoms with van der Waals surface area (Å²) in [6.45, 7) is 4.36. The number of nitrogens with one attached hydrogen (secondary N) is 1. The first-order valence-electron chi connectivity index (χ1n) is 8.24. The molecule has 1 amide bonds. The Kier molecular flexibility index (Phi) is 7.27. The number of aliphatic hydroxyl groups excluding tert-OH is 1. The molecule has 0 spiro atoms. The molecule has 0 bridgehead atoms. The molecule has 0 atom stereocenters. The van der Waals surface area contributed by atoms with Crippen LogP contribution in [0.15, 0.2) is 42.1 Å². The third-order valence-electron chi connectivity index (χ3n) is 3.98. The molecule has 1 aliphatic heterocycles. The fraction of sp³-hybridized carbons (Fsp3) is 0.444. The van der Waals surface area contributed by atoms with Crippen molar-refractivity contribution >= 4 is 5.91 Å². The Labute approximate surface area is 143 Å². The van der Waals surface area contributed by atoms with Crippen molar-refractivity contribution in [3.05, 3.63) is 47.7 Å². The Bertz CT molecular complexity index is 587. The smallest absolute Gasteiger partial charge is 0.266 e. The minimum Gasteiger partial charge on any atom is -0.396 e. The molecule has 0 aromatic heterocycles. The second-order valence-corrected chi connectivity index (χ2v) is 5.76. The van der Waals surface area contributed by atoms with E-state index in [1.807, 2.05) is 24.3 Å². The Morgan fingerprint density at radius 2 is 1.96 bits per heavy atom. The average molecular weight is 328 g/mol. The van der Waals surface area contributed by atoms with Crippen LogP contribution in [0.2, 0.25) is 0 Å². The first-order chi connectivity index (χ1) is 11.7. The van der Waals surface area contributed by atoms with Gasteiger partial charge in [0.15, 0.2) is 0 Å². The van der Waals surface area contributed by atoms with E-state index >= 15 is 0 Å². The Hall–Kier alpha value is -2.36. The van der Waals surface area contributed by atoms with E-state index in [1.54, 1.807) is 4.90 Å². The molecule has 0 radical (unpaired) electrons. The van der Waals surface area contributed by atoms with Crippen LogP contribution in [-0.2, 0) is 11.3 Å². The standard InChI is InChI=1S/C18H24N4O2/c19-13-17(14-20-7-4-12-23)18(24)22-10-8-21(9-11-22)15-16-5-2-1-3-6-16/h1-3,5-6,14,20,23H,4,7-12,15H2/b17-14-. The van der Waals surface area contributed by atoms with Gasteiger partial charge in [0.2, 0.25) is 0 Å². The minimum atomic E-state index is -0.228. The first-order valence-corrected chi connectivity index (χ1v) is 8.24. The highest BCUT2D eigenvalue weighted by molar-refractivity contribution is 5.97. The maximum absolute atomic E-state index is 12.4. The summed E-state index contributed by atoms with van der Waals surface area (Å²) in [6.07, 6.45) is 2.04. The van der Waals surface area contributed by atoms with Gasteiger partial charge in [-0.05, 0) is 12.0 Å². The number of carbonyl (C=O) groups excluding carboxylic acids is 1. The summed E-state index contributed by atoms with van der Waals surface area (Å²) < 4.78 is 0. The van der Waals surface area contributed by atoms with Gasteiger partial charge in [-0.3, -0.25) is 9.69 Å². The van der Waals surface area contributed by atoms with E-state index in [2.05, 4.69) is 22.3 Å². The molecule has 24 heavy (non-hydrogen) atoms. The van der Waals surface area contributed by atoms with E-state index in [0.29, 0.717) is 26.1 Å². The predicted molar refractivity (Wildman–Crippen MR) is 91.7 cm³/mol. The van der Waals surface area contributed by atoms with Crippen molar-refractivity contribution in [1.29, 1.82) is 5.26 Å². The Morgan fingerprint density at radius 3 is 2.58 bits per heavy atom. The zero-order chi connectivity index (χ0) is 17.2. The molecular weight excluding hydrogens is 304 g/mol. The third kappa shape index (κ3) is 5.37. The van der Waals surface area contributed by atoms with Crippen molar-refractivity contribution in [2.75, 3.05) is 39.3 Å². The van der Waals surface area contributed by atoms with Crippen molar-refractivity contribution in [3.8, 4) is 6.07 Å². The van der Waals surface area contributed by atoms with Crippen molar-refractivity contribution < 1.29 is 9.90 Å². The molecule has 0 aliphatic carbocycles. The molecule has 0 saturated carbocycles. The summed E-state index contributed by atoms with van der Waals surface area (Å²) in [5.74, 6) is -0.228. The van der Waals surface area contributed by atoms with Crippen molar-refractivity contribution in [2.24, 2.45) is 0 Å². The largest absolute Gasteiger partial charge is 0.396 e. The van der Waals surface area contributed by atoms with E-state index in [4.69, 9.17) is 10.4 Å². The Balaban J connectivity index is 1.82. The number of piperazine rings is 1. The summed E-state index contributed by atoms with van der Waals surface area (Å²) in [5.41, 5.74) is 1.38. The van der Waals surface area contributed by atoms with Gasteiger partial charge < -0.3 is 15.3 Å². The SMILES string of the molecule is N#C/C(=C/NCCCO)C(=O)N1CCN(Cc2ccccc2)CC1. The number of hydrogen-bond acceptors (Lipinski definition) is 5. The number of hydrogen-bond donors (Lipinski definition) is 2. The monoisotopic (exact) mass is 328 g/mol. The highest BCUT2D eigenvalue weighted by Crippen LogP contribution is 2.10. The number of rotatable bonds is 7. The molecule has 2 N–H and O–H groups in total. The number of carbonyl (C=O) groups is 1. The fourth-order valence-electron chi connectivity index (χ4n) is 2.62. The van der Waals surface area contributed by atoms with E-state index in [0.717, 1.165) is 19.6 Å². The average Bonchev–Trinajstić information content (AvgIpc) is 2.63. The van der Waals surface area contributed by atoms with Gasteiger partial charge in [-0.15, -0.1) is 0 Å². The van der Waals surface area contributed by atoms with Gasteiger partial charge in [0.1, 0.15) is 11.6 Å². The van der Waals surface area contributed by atoms with E-state index in [9.17, 15) is 4.79 Å². The lowest BCUT2D eigenvalue weighted by molar-refractivity contribution is -0.128. The molecule has 1 saturated heterocycles. The van der Waals surface area contributed by atoms with Crippen LogP contribution in [0.25, 0.3) is 0 Å². The maximum atomic E-state index is 12.4. The molecule has 1 heterocycles. The van der Waals surface area contributed by atoms with Crippen LogP contribution < -0.4 is 5.32 Å². The van der Waals surface area contributed by atoms with Crippen LogP contribution >= 0.6 is 0 Å². The Morgan fingerprint density at radius 1 is 1.25 bits per heavy atom. The summed E-state index contributed by atoms with van der Waals surface area (Å²) in [7, 11) is 0. The van der Waals surface area contributed by atoms with Gasteiger partial charge in [-0.1, -0.05) is 30.3 Å². The van der Waals surface area contributed by atoms with Gasteiger partial charge in [0.05, 0.1) is 0 Å². The van der Waals surface area contributed by atoms with Gasteiger partial charge in [0, 0.05) is 52.1 Å².